The van der Waals surface area contributed by atoms with Crippen LogP contribution in [0.1, 0.15) is 68.4 Å². The molecule has 170 valence electrons. The van der Waals surface area contributed by atoms with Crippen LogP contribution in [-0.4, -0.2) is 4.98 Å². The van der Waals surface area contributed by atoms with E-state index in [1.807, 2.05) is 12.3 Å². The van der Waals surface area contributed by atoms with E-state index >= 15 is 0 Å². The molecule has 0 bridgehead atoms. The Morgan fingerprint density at radius 1 is 0.824 bits per heavy atom. The third-order valence-electron chi connectivity index (χ3n) is 8.85. The van der Waals surface area contributed by atoms with Gasteiger partial charge in [-0.3, -0.25) is 4.98 Å². The maximum Gasteiger partial charge on any atom is 0.144 e. The van der Waals surface area contributed by atoms with Gasteiger partial charge in [0.1, 0.15) is 11.2 Å². The van der Waals surface area contributed by atoms with E-state index in [-0.39, 0.29) is 0 Å². The summed E-state index contributed by atoms with van der Waals surface area (Å²) in [4.78, 5) is 4.87. The molecule has 0 N–H and O–H groups in total. The fraction of sp³-hybridized carbons (Fsp3) is 0.344. The lowest BCUT2D eigenvalue weighted by Crippen LogP contribution is -2.23. The van der Waals surface area contributed by atoms with E-state index < -0.39 is 0 Å². The number of furan rings is 1. The zero-order valence-electron chi connectivity index (χ0n) is 19.9. The number of pyridine rings is 1. The largest absolute Gasteiger partial charge is 0.455 e. The summed E-state index contributed by atoms with van der Waals surface area (Å²) < 4.78 is 6.37. The predicted molar refractivity (Wildman–Crippen MR) is 141 cm³/mol. The Morgan fingerprint density at radius 3 is 2.50 bits per heavy atom. The van der Waals surface area contributed by atoms with Crippen LogP contribution in [0.15, 0.2) is 71.3 Å². The minimum atomic E-state index is 0.688. The average Bonchev–Trinajstić information content (AvgIpc) is 3.48. The van der Waals surface area contributed by atoms with Crippen molar-refractivity contribution in [2.24, 2.45) is 5.41 Å². The molecule has 2 aromatic heterocycles. The molecule has 34 heavy (non-hydrogen) atoms. The van der Waals surface area contributed by atoms with Gasteiger partial charge in [0.15, 0.2) is 0 Å². The summed E-state index contributed by atoms with van der Waals surface area (Å²) in [5.41, 5.74) is 7.40. The molecule has 2 saturated carbocycles. The molecule has 2 heteroatoms. The molecule has 0 saturated heterocycles. The van der Waals surface area contributed by atoms with Crippen molar-refractivity contribution in [3.8, 4) is 11.3 Å². The van der Waals surface area contributed by atoms with Crippen molar-refractivity contribution in [3.63, 3.8) is 0 Å². The van der Waals surface area contributed by atoms with Gasteiger partial charge < -0.3 is 4.42 Å². The Balaban J connectivity index is 1.31. The predicted octanol–water partition coefficient (Wildman–Crippen LogP) is 9.33. The molecule has 5 aromatic rings. The quantitative estimate of drug-likeness (QED) is 0.270. The van der Waals surface area contributed by atoms with E-state index in [9.17, 15) is 0 Å². The van der Waals surface area contributed by atoms with Crippen LogP contribution < -0.4 is 0 Å². The highest BCUT2D eigenvalue weighted by Gasteiger charge is 2.37. The third kappa shape index (κ3) is 3.19. The minimum absolute atomic E-state index is 0.688. The summed E-state index contributed by atoms with van der Waals surface area (Å²) in [6.45, 7) is 2.16. The first kappa shape index (κ1) is 20.3. The van der Waals surface area contributed by atoms with Crippen molar-refractivity contribution in [2.45, 2.75) is 64.2 Å². The summed E-state index contributed by atoms with van der Waals surface area (Å²) in [7, 11) is 0. The second-order valence-corrected chi connectivity index (χ2v) is 10.9. The van der Waals surface area contributed by atoms with Crippen molar-refractivity contribution in [3.05, 3.63) is 78.0 Å². The molecule has 2 heterocycles. The van der Waals surface area contributed by atoms with E-state index in [0.717, 1.165) is 22.4 Å². The van der Waals surface area contributed by atoms with Crippen molar-refractivity contribution in [2.75, 3.05) is 0 Å². The van der Waals surface area contributed by atoms with Crippen LogP contribution in [0.2, 0.25) is 0 Å². The van der Waals surface area contributed by atoms with Gasteiger partial charge in [-0.2, -0.15) is 0 Å². The smallest absolute Gasteiger partial charge is 0.144 e. The maximum atomic E-state index is 6.37. The molecular formula is C32H31NO. The van der Waals surface area contributed by atoms with Crippen LogP contribution in [0.25, 0.3) is 44.0 Å². The highest BCUT2D eigenvalue weighted by Crippen LogP contribution is 2.52. The van der Waals surface area contributed by atoms with Gasteiger partial charge in [0.2, 0.25) is 0 Å². The third-order valence-corrected chi connectivity index (χ3v) is 8.85. The number of hydrogen-bond acceptors (Lipinski definition) is 2. The first-order valence-corrected chi connectivity index (χ1v) is 13.0. The molecule has 2 nitrogen and oxygen atoms in total. The zero-order valence-corrected chi connectivity index (χ0v) is 19.9. The lowest BCUT2D eigenvalue weighted by molar-refractivity contribution is 0.181. The van der Waals surface area contributed by atoms with Gasteiger partial charge in [0.05, 0.1) is 5.69 Å². The van der Waals surface area contributed by atoms with Crippen LogP contribution in [0.3, 0.4) is 0 Å². The van der Waals surface area contributed by atoms with E-state index in [0.29, 0.717) is 11.3 Å². The fourth-order valence-corrected chi connectivity index (χ4v) is 7.00. The number of nitrogens with zero attached hydrogens (tertiary/aromatic N) is 1. The molecule has 7 rings (SSSR count). The van der Waals surface area contributed by atoms with Crippen molar-refractivity contribution >= 4 is 32.7 Å². The van der Waals surface area contributed by atoms with Crippen molar-refractivity contribution in [1.29, 1.82) is 0 Å². The van der Waals surface area contributed by atoms with Gasteiger partial charge in [-0.15, -0.1) is 0 Å². The summed E-state index contributed by atoms with van der Waals surface area (Å²) in [5.74, 6) is 0.702. The maximum absolute atomic E-state index is 6.37. The molecule has 0 aliphatic heterocycles. The topological polar surface area (TPSA) is 26.0 Å². The molecule has 0 atom stereocenters. The van der Waals surface area contributed by atoms with E-state index in [4.69, 9.17) is 9.40 Å². The number of aromatic nitrogens is 1. The van der Waals surface area contributed by atoms with Gasteiger partial charge in [-0.25, -0.2) is 0 Å². The molecule has 3 aromatic carbocycles. The summed E-state index contributed by atoms with van der Waals surface area (Å²) in [6.07, 6.45) is 13.4. The van der Waals surface area contributed by atoms with Crippen molar-refractivity contribution in [1.82, 2.24) is 4.98 Å². The molecule has 0 unspecified atom stereocenters. The number of aryl methyl sites for hydroxylation is 1. The normalized spacial score (nSPS) is 18.5. The van der Waals surface area contributed by atoms with E-state index in [1.54, 1.807) is 0 Å². The highest BCUT2D eigenvalue weighted by atomic mass is 16.3. The molecular weight excluding hydrogens is 414 g/mol. The molecule has 2 aliphatic rings. The van der Waals surface area contributed by atoms with E-state index in [2.05, 4.69) is 61.5 Å². The molecule has 2 aliphatic carbocycles. The Hall–Kier alpha value is -3.13. The second kappa shape index (κ2) is 7.70. The lowest BCUT2D eigenvalue weighted by Gasteiger charge is -2.37. The number of fused-ring (bicyclic) bond motifs is 4. The Morgan fingerprint density at radius 2 is 1.65 bits per heavy atom. The van der Waals surface area contributed by atoms with Gasteiger partial charge in [-0.1, -0.05) is 49.2 Å². The van der Waals surface area contributed by atoms with Crippen molar-refractivity contribution < 1.29 is 4.42 Å². The molecule has 1 spiro atoms. The Labute approximate surface area is 201 Å². The second-order valence-electron chi connectivity index (χ2n) is 10.9. The van der Waals surface area contributed by atoms with Gasteiger partial charge in [-0.05, 0) is 97.6 Å². The Kier molecular flexibility index (Phi) is 4.59. The first-order valence-electron chi connectivity index (χ1n) is 13.0. The number of rotatable bonds is 2. The first-order chi connectivity index (χ1) is 16.7. The highest BCUT2D eigenvalue weighted by molar-refractivity contribution is 6.11. The monoisotopic (exact) mass is 445 g/mol. The molecule has 2 fully saturated rings. The number of hydrogen-bond donors (Lipinski definition) is 0. The summed E-state index contributed by atoms with van der Waals surface area (Å²) in [6, 6.07) is 22.1. The number of benzene rings is 3. The van der Waals surface area contributed by atoms with Crippen LogP contribution in [0.5, 0.6) is 0 Å². The number of para-hydroxylation sites is 1. The van der Waals surface area contributed by atoms with Gasteiger partial charge >= 0.3 is 0 Å². The molecule has 0 amide bonds. The SMILES string of the molecule is Cc1cc(-c2nccc3cc(C4CCC5(CCCC5)CC4)ccc23)c2oc3ccccc3c2c1. The van der Waals surface area contributed by atoms with Crippen LogP contribution in [0, 0.1) is 12.3 Å². The zero-order chi connectivity index (χ0) is 22.7. The van der Waals surface area contributed by atoms with Crippen LogP contribution >= 0.6 is 0 Å². The van der Waals surface area contributed by atoms with Crippen LogP contribution in [-0.2, 0) is 0 Å². The minimum Gasteiger partial charge on any atom is -0.455 e. The summed E-state index contributed by atoms with van der Waals surface area (Å²) in [5, 5.41) is 4.84. The van der Waals surface area contributed by atoms with Gasteiger partial charge in [0.25, 0.3) is 0 Å². The standard InChI is InChI=1S/C32H31NO/c1-21-18-27-26-6-2-3-7-29(26)34-31(27)28(19-21)30-25-9-8-23(20-24(25)12-17-33-30)22-10-15-32(16-11-22)13-4-5-14-32/h2-3,6-9,12,17-20,22H,4-5,10-11,13-16H2,1H3. The Bertz CT molecular complexity index is 1530. The fourth-order valence-electron chi connectivity index (χ4n) is 7.00. The van der Waals surface area contributed by atoms with Crippen LogP contribution in [0.4, 0.5) is 0 Å². The van der Waals surface area contributed by atoms with E-state index in [1.165, 1.54) is 84.0 Å². The summed E-state index contributed by atoms with van der Waals surface area (Å²) >= 11 is 0. The molecule has 0 radical (unpaired) electrons. The lowest BCUT2D eigenvalue weighted by atomic mass is 9.68. The average molecular weight is 446 g/mol. The van der Waals surface area contributed by atoms with Gasteiger partial charge in [0, 0.05) is 27.9 Å².